The maximum absolute atomic E-state index is 12.3. The van der Waals surface area contributed by atoms with Crippen molar-refractivity contribution in [3.05, 3.63) is 23.8 Å². The van der Waals surface area contributed by atoms with Gasteiger partial charge in [0, 0.05) is 12.2 Å². The molecule has 132 valence electrons. The lowest BCUT2D eigenvalue weighted by Gasteiger charge is -2.32. The number of nitrogens with one attached hydrogen (secondary N) is 1. The molecule has 0 atom stereocenters. The summed E-state index contributed by atoms with van der Waals surface area (Å²) in [4.78, 5) is 24.7. The van der Waals surface area contributed by atoms with Gasteiger partial charge in [0.15, 0.2) is 0 Å². The molecular weight excluding hydrogens is 325 g/mol. The van der Waals surface area contributed by atoms with Crippen LogP contribution in [0.4, 0.5) is 29.3 Å². The molecule has 1 aromatic rings. The maximum atomic E-state index is 12.3. The van der Waals surface area contributed by atoms with Gasteiger partial charge in [0.2, 0.25) is 0 Å². The third-order valence-electron chi connectivity index (χ3n) is 3.33. The van der Waals surface area contributed by atoms with Crippen molar-refractivity contribution in [3.63, 3.8) is 0 Å². The number of halogens is 3. The van der Waals surface area contributed by atoms with Gasteiger partial charge in [-0.1, -0.05) is 0 Å². The minimum absolute atomic E-state index is 0.0436. The number of aryl methyl sites for hydroxylation is 1. The number of hydrogen-bond donors (Lipinski definition) is 1. The number of benzene rings is 1. The molecule has 0 aliphatic carbocycles. The van der Waals surface area contributed by atoms with Crippen molar-refractivity contribution in [2.75, 3.05) is 16.8 Å². The summed E-state index contributed by atoms with van der Waals surface area (Å²) in [7, 11) is 0. The molecule has 0 saturated carbocycles. The Balaban J connectivity index is 2.21. The van der Waals surface area contributed by atoms with Gasteiger partial charge in [-0.15, -0.1) is 0 Å². The summed E-state index contributed by atoms with van der Waals surface area (Å²) in [6, 6.07) is 4.31. The largest absolute Gasteiger partial charge is 0.471 e. The molecule has 0 fully saturated rings. The number of ether oxygens (including phenoxy) is 1. The molecule has 0 spiro atoms. The van der Waals surface area contributed by atoms with E-state index in [4.69, 9.17) is 4.74 Å². The van der Waals surface area contributed by atoms with Crippen molar-refractivity contribution in [1.82, 2.24) is 0 Å². The molecule has 0 saturated heterocycles. The number of carbonyl (C=O) groups excluding carboxylic acids is 2. The third kappa shape index (κ3) is 4.39. The molecular formula is C16H19F3N2O3. The maximum Gasteiger partial charge on any atom is 0.471 e. The first kappa shape index (κ1) is 18.1. The van der Waals surface area contributed by atoms with E-state index in [-0.39, 0.29) is 5.69 Å². The van der Waals surface area contributed by atoms with Crippen LogP contribution in [0, 0.1) is 0 Å². The summed E-state index contributed by atoms with van der Waals surface area (Å²) in [6.07, 6.45) is -4.19. The minimum Gasteiger partial charge on any atom is -0.443 e. The first-order chi connectivity index (χ1) is 11.0. The molecule has 0 unspecified atom stereocenters. The van der Waals surface area contributed by atoms with Crippen molar-refractivity contribution in [3.8, 4) is 0 Å². The fourth-order valence-corrected chi connectivity index (χ4v) is 2.38. The van der Waals surface area contributed by atoms with Crippen LogP contribution in [0.1, 0.15) is 32.8 Å². The quantitative estimate of drug-likeness (QED) is 0.841. The fraction of sp³-hybridized carbons (Fsp3) is 0.500. The molecule has 1 heterocycles. The summed E-state index contributed by atoms with van der Waals surface area (Å²) in [5.41, 5.74) is 0.671. The molecule has 2 rings (SSSR count). The standard InChI is InChI=1S/C16H19F3N2O3/c1-15(2,3)24-14(23)21-8-4-5-10-9-11(6-7-12(10)21)20-13(22)16(17,18)19/h6-7,9H,4-5,8H2,1-3H3,(H,20,22). The lowest BCUT2D eigenvalue weighted by molar-refractivity contribution is -0.167. The molecule has 24 heavy (non-hydrogen) atoms. The first-order valence-electron chi connectivity index (χ1n) is 7.49. The molecule has 1 aliphatic rings. The van der Waals surface area contributed by atoms with Crippen LogP contribution in [0.15, 0.2) is 18.2 Å². The normalized spacial score (nSPS) is 14.8. The predicted octanol–water partition coefficient (Wildman–Crippen LogP) is 3.88. The summed E-state index contributed by atoms with van der Waals surface area (Å²) in [5.74, 6) is -2.03. The Morgan fingerprint density at radius 1 is 1.21 bits per heavy atom. The molecule has 5 nitrogen and oxygen atoms in total. The van der Waals surface area contributed by atoms with E-state index in [0.717, 1.165) is 0 Å². The fourth-order valence-electron chi connectivity index (χ4n) is 2.38. The van der Waals surface area contributed by atoms with Gasteiger partial charge in [-0.2, -0.15) is 13.2 Å². The van der Waals surface area contributed by atoms with Crippen molar-refractivity contribution in [2.24, 2.45) is 0 Å². The highest BCUT2D eigenvalue weighted by Gasteiger charge is 2.38. The Morgan fingerprint density at radius 3 is 2.46 bits per heavy atom. The summed E-state index contributed by atoms with van der Waals surface area (Å²) in [5, 5.41) is 1.82. The van der Waals surface area contributed by atoms with E-state index in [1.54, 1.807) is 20.8 Å². The van der Waals surface area contributed by atoms with E-state index >= 15 is 0 Å². The van der Waals surface area contributed by atoms with Crippen LogP contribution < -0.4 is 10.2 Å². The monoisotopic (exact) mass is 344 g/mol. The number of rotatable bonds is 1. The topological polar surface area (TPSA) is 58.6 Å². The average molecular weight is 344 g/mol. The summed E-state index contributed by atoms with van der Waals surface area (Å²) < 4.78 is 42.3. The second-order valence-corrected chi connectivity index (χ2v) is 6.53. The lowest BCUT2D eigenvalue weighted by atomic mass is 10.0. The SMILES string of the molecule is CC(C)(C)OC(=O)N1CCCc2cc(NC(=O)C(F)(F)F)ccc21. The second-order valence-electron chi connectivity index (χ2n) is 6.53. The number of nitrogens with zero attached hydrogens (tertiary/aromatic N) is 1. The van der Waals surface area contributed by atoms with E-state index < -0.39 is 23.8 Å². The van der Waals surface area contributed by atoms with E-state index in [0.29, 0.717) is 30.6 Å². The van der Waals surface area contributed by atoms with Gasteiger partial charge in [0.25, 0.3) is 0 Å². The van der Waals surface area contributed by atoms with Gasteiger partial charge >= 0.3 is 18.2 Å². The molecule has 0 bridgehead atoms. The van der Waals surface area contributed by atoms with Crippen LogP contribution in [-0.2, 0) is 16.0 Å². The van der Waals surface area contributed by atoms with Crippen LogP contribution in [0.2, 0.25) is 0 Å². The zero-order chi connectivity index (χ0) is 18.1. The lowest BCUT2D eigenvalue weighted by Crippen LogP contribution is -2.39. The predicted molar refractivity (Wildman–Crippen MR) is 83.0 cm³/mol. The smallest absolute Gasteiger partial charge is 0.443 e. The Bertz CT molecular complexity index is 651. The average Bonchev–Trinajstić information content (AvgIpc) is 2.43. The Morgan fingerprint density at radius 2 is 1.88 bits per heavy atom. The highest BCUT2D eigenvalue weighted by molar-refractivity contribution is 5.96. The minimum atomic E-state index is -4.95. The second kappa shape index (κ2) is 6.33. The van der Waals surface area contributed by atoms with Gasteiger partial charge in [0.1, 0.15) is 5.60 Å². The zero-order valence-electron chi connectivity index (χ0n) is 13.7. The first-order valence-corrected chi connectivity index (χ1v) is 7.49. The van der Waals surface area contributed by atoms with E-state index in [1.165, 1.54) is 23.1 Å². The van der Waals surface area contributed by atoms with Crippen molar-refractivity contribution >= 4 is 23.4 Å². The number of fused-ring (bicyclic) bond motifs is 1. The molecule has 1 aromatic carbocycles. The van der Waals surface area contributed by atoms with Crippen molar-refractivity contribution in [1.29, 1.82) is 0 Å². The van der Waals surface area contributed by atoms with Crippen LogP contribution in [0.5, 0.6) is 0 Å². The molecule has 1 N–H and O–H groups in total. The molecule has 8 heteroatoms. The van der Waals surface area contributed by atoms with Crippen LogP contribution in [-0.4, -0.2) is 30.3 Å². The Kier molecular flexibility index (Phi) is 4.77. The van der Waals surface area contributed by atoms with E-state index in [1.807, 2.05) is 5.32 Å². The molecule has 0 radical (unpaired) electrons. The van der Waals surface area contributed by atoms with Gasteiger partial charge in [-0.25, -0.2) is 4.79 Å². The Labute approximate surface area is 137 Å². The van der Waals surface area contributed by atoms with E-state index in [2.05, 4.69) is 0 Å². The third-order valence-corrected chi connectivity index (χ3v) is 3.33. The highest BCUT2D eigenvalue weighted by Crippen LogP contribution is 2.31. The van der Waals surface area contributed by atoms with Gasteiger partial charge in [-0.05, 0) is 57.4 Å². The van der Waals surface area contributed by atoms with Crippen molar-refractivity contribution < 1.29 is 27.5 Å². The van der Waals surface area contributed by atoms with Crippen LogP contribution in [0.25, 0.3) is 0 Å². The van der Waals surface area contributed by atoms with Gasteiger partial charge in [-0.3, -0.25) is 9.69 Å². The van der Waals surface area contributed by atoms with Crippen LogP contribution >= 0.6 is 0 Å². The summed E-state index contributed by atoms with van der Waals surface area (Å²) in [6.45, 7) is 5.73. The van der Waals surface area contributed by atoms with E-state index in [9.17, 15) is 22.8 Å². The zero-order valence-corrected chi connectivity index (χ0v) is 13.7. The number of carbonyl (C=O) groups is 2. The Hall–Kier alpha value is -2.25. The van der Waals surface area contributed by atoms with Gasteiger partial charge < -0.3 is 10.1 Å². The van der Waals surface area contributed by atoms with Crippen molar-refractivity contribution in [2.45, 2.75) is 45.4 Å². The van der Waals surface area contributed by atoms with Crippen LogP contribution in [0.3, 0.4) is 0 Å². The summed E-state index contributed by atoms with van der Waals surface area (Å²) >= 11 is 0. The molecule has 1 aliphatic heterocycles. The number of alkyl halides is 3. The van der Waals surface area contributed by atoms with Gasteiger partial charge in [0.05, 0.1) is 5.69 Å². The highest BCUT2D eigenvalue weighted by atomic mass is 19.4. The number of anilines is 2. The molecule has 2 amide bonds. The number of hydrogen-bond acceptors (Lipinski definition) is 3. The number of amides is 2. The molecule has 0 aromatic heterocycles.